The third kappa shape index (κ3) is 5.24. The van der Waals surface area contributed by atoms with Gasteiger partial charge in [0, 0.05) is 0 Å². The molecule has 0 rings (SSSR count). The van der Waals surface area contributed by atoms with Crippen LogP contribution in [0, 0.1) is 5.92 Å². The molecule has 2 amide bonds. The molecule has 73 valence electrons. The summed E-state index contributed by atoms with van der Waals surface area (Å²) in [7, 11) is 0.871. The lowest BCUT2D eigenvalue weighted by atomic mass is 9.94. The van der Waals surface area contributed by atoms with Gasteiger partial charge in [0.15, 0.2) is 5.81 Å². The predicted molar refractivity (Wildman–Crippen MR) is 50.9 cm³/mol. The van der Waals surface area contributed by atoms with Crippen molar-refractivity contribution in [2.75, 3.05) is 0 Å². The molecule has 0 spiro atoms. The maximum absolute atomic E-state index is 10.8. The molecule has 0 aliphatic carbocycles. The van der Waals surface area contributed by atoms with Gasteiger partial charge in [-0.1, -0.05) is 13.8 Å². The van der Waals surface area contributed by atoms with Crippen molar-refractivity contribution in [2.24, 2.45) is 17.3 Å². The Labute approximate surface area is 78.5 Å². The van der Waals surface area contributed by atoms with Gasteiger partial charge in [0.1, 0.15) is 6.04 Å². The molecular formula is C7H15BN3O2. The van der Waals surface area contributed by atoms with Crippen LogP contribution in [0.5, 0.6) is 0 Å². The maximum Gasteiger partial charge on any atom is 0.323 e. The van der Waals surface area contributed by atoms with E-state index in [1.165, 1.54) is 0 Å². The molecule has 6 heteroatoms. The van der Waals surface area contributed by atoms with Gasteiger partial charge in [0.2, 0.25) is 5.91 Å². The Bertz CT molecular complexity index is 196. The largest absolute Gasteiger partial charge is 0.368 e. The predicted octanol–water partition coefficient (Wildman–Crippen LogP) is -0.826. The van der Waals surface area contributed by atoms with Crippen LogP contribution in [-0.4, -0.2) is 25.2 Å². The van der Waals surface area contributed by atoms with Crippen LogP contribution in [0.2, 0.25) is 0 Å². The highest BCUT2D eigenvalue weighted by molar-refractivity contribution is 6.70. The van der Waals surface area contributed by atoms with Crippen molar-refractivity contribution >= 4 is 19.1 Å². The normalized spacial score (nSPS) is 12.3. The molecule has 0 aromatic rings. The van der Waals surface area contributed by atoms with E-state index in [9.17, 15) is 9.59 Å². The third-order valence-electron chi connectivity index (χ3n) is 1.52. The molecule has 0 saturated carbocycles. The number of hydrogen-bond acceptors (Lipinski definition) is 3. The number of rotatable bonds is 5. The Kier molecular flexibility index (Phi) is 5.14. The summed E-state index contributed by atoms with van der Waals surface area (Å²) in [6.07, 6.45) is 0.523. The van der Waals surface area contributed by atoms with Crippen LogP contribution in [0.15, 0.2) is 0 Å². The fourth-order valence-electron chi connectivity index (χ4n) is 0.937. The van der Waals surface area contributed by atoms with E-state index in [0.717, 1.165) is 7.41 Å². The minimum atomic E-state index is -0.632. The van der Waals surface area contributed by atoms with Gasteiger partial charge in [0.05, 0.1) is 0 Å². The van der Waals surface area contributed by atoms with E-state index in [4.69, 9.17) is 11.4 Å². The van der Waals surface area contributed by atoms with Gasteiger partial charge in [0.25, 0.3) is 0 Å². The van der Waals surface area contributed by atoms with E-state index >= 15 is 0 Å². The second kappa shape index (κ2) is 5.58. The summed E-state index contributed by atoms with van der Waals surface area (Å²) in [5.74, 6) is -0.732. The monoisotopic (exact) mass is 184 g/mol. The number of nitrogens with two attached hydrogens (primary N) is 2. The summed E-state index contributed by atoms with van der Waals surface area (Å²) in [4.78, 5) is 21.6. The third-order valence-corrected chi connectivity index (χ3v) is 1.52. The summed E-state index contributed by atoms with van der Waals surface area (Å²) in [6.45, 7) is 3.88. The molecule has 5 N–H and O–H groups in total. The highest BCUT2D eigenvalue weighted by Crippen LogP contribution is 2.03. The SMILES string of the molecule is CC(C)CC(NC(=O)[B]N)C(N)=O. The molecule has 0 aliphatic heterocycles. The van der Waals surface area contributed by atoms with Crippen LogP contribution >= 0.6 is 0 Å². The van der Waals surface area contributed by atoms with E-state index in [2.05, 4.69) is 5.32 Å². The second-order valence-electron chi connectivity index (χ2n) is 3.26. The van der Waals surface area contributed by atoms with Crippen molar-refractivity contribution in [3.8, 4) is 0 Å². The lowest BCUT2D eigenvalue weighted by molar-refractivity contribution is -0.120. The molecular weight excluding hydrogens is 169 g/mol. The molecule has 0 heterocycles. The molecule has 0 aromatic heterocycles. The first-order valence-corrected chi connectivity index (χ1v) is 4.12. The Balaban J connectivity index is 4.10. The Morgan fingerprint density at radius 1 is 1.46 bits per heavy atom. The van der Waals surface area contributed by atoms with Crippen LogP contribution < -0.4 is 16.7 Å². The van der Waals surface area contributed by atoms with E-state index in [1.807, 2.05) is 13.8 Å². The minimum Gasteiger partial charge on any atom is -0.368 e. The van der Waals surface area contributed by atoms with Gasteiger partial charge in [-0.15, -0.1) is 0 Å². The van der Waals surface area contributed by atoms with Crippen LogP contribution in [0.3, 0.4) is 0 Å². The smallest absolute Gasteiger partial charge is 0.323 e. The first-order valence-electron chi connectivity index (χ1n) is 4.12. The molecule has 1 unspecified atom stereocenters. The maximum atomic E-state index is 10.8. The van der Waals surface area contributed by atoms with Gasteiger partial charge in [-0.3, -0.25) is 9.59 Å². The van der Waals surface area contributed by atoms with Crippen molar-refractivity contribution in [3.63, 3.8) is 0 Å². The van der Waals surface area contributed by atoms with Gasteiger partial charge in [-0.05, 0) is 12.3 Å². The summed E-state index contributed by atoms with van der Waals surface area (Å²) >= 11 is 0. The molecule has 1 radical (unpaired) electrons. The van der Waals surface area contributed by atoms with Crippen molar-refractivity contribution in [2.45, 2.75) is 26.3 Å². The lowest BCUT2D eigenvalue weighted by Gasteiger charge is -2.16. The zero-order chi connectivity index (χ0) is 10.4. The van der Waals surface area contributed by atoms with Crippen LogP contribution in [0.25, 0.3) is 0 Å². The van der Waals surface area contributed by atoms with Crippen LogP contribution in [0.1, 0.15) is 20.3 Å². The molecule has 5 nitrogen and oxygen atoms in total. The average Bonchev–Trinajstić information content (AvgIpc) is 2.02. The van der Waals surface area contributed by atoms with Crippen LogP contribution in [-0.2, 0) is 4.79 Å². The number of nitrogens with one attached hydrogen (secondary N) is 1. The number of primary amides is 1. The van der Waals surface area contributed by atoms with Crippen LogP contribution in [0.4, 0.5) is 4.79 Å². The van der Waals surface area contributed by atoms with E-state index in [-0.39, 0.29) is 5.92 Å². The number of carbonyl (C=O) groups is 2. The average molecular weight is 184 g/mol. The number of amides is 2. The van der Waals surface area contributed by atoms with E-state index in [1.54, 1.807) is 0 Å². The standard InChI is InChI=1S/C7H15BN3O2/c1-4(2)3-5(6(9)12)11-7(13)8-10/h4-5H,3,10H2,1-2H3,(H2,9,12)(H,11,13). The van der Waals surface area contributed by atoms with Gasteiger partial charge in [-0.2, -0.15) is 0 Å². The zero-order valence-corrected chi connectivity index (χ0v) is 7.91. The quantitative estimate of drug-likeness (QED) is 0.486. The summed E-state index contributed by atoms with van der Waals surface area (Å²) in [6, 6.07) is -0.632. The minimum absolute atomic E-state index is 0.288. The number of hydrogen-bond donors (Lipinski definition) is 3. The molecule has 0 aromatic carbocycles. The number of carbonyl (C=O) groups excluding carboxylic acids is 2. The summed E-state index contributed by atoms with van der Waals surface area (Å²) in [5.41, 5.74) is 10.0. The Morgan fingerprint density at radius 3 is 2.31 bits per heavy atom. The molecule has 0 bridgehead atoms. The van der Waals surface area contributed by atoms with E-state index in [0.29, 0.717) is 6.42 Å². The molecule has 13 heavy (non-hydrogen) atoms. The van der Waals surface area contributed by atoms with Gasteiger partial charge >= 0.3 is 7.41 Å². The van der Waals surface area contributed by atoms with Crippen molar-refractivity contribution < 1.29 is 9.59 Å². The highest BCUT2D eigenvalue weighted by atomic mass is 16.2. The molecule has 0 saturated heterocycles. The molecule has 0 aliphatic rings. The second-order valence-corrected chi connectivity index (χ2v) is 3.26. The summed E-state index contributed by atoms with van der Waals surface area (Å²) in [5, 5.41) is 2.40. The first-order chi connectivity index (χ1) is 5.97. The summed E-state index contributed by atoms with van der Waals surface area (Å²) < 4.78 is 0. The Morgan fingerprint density at radius 2 is 2.00 bits per heavy atom. The fraction of sp³-hybridized carbons (Fsp3) is 0.714. The molecule has 0 fully saturated rings. The molecule has 1 atom stereocenters. The Hall–Kier alpha value is -1.04. The fourth-order valence-corrected chi connectivity index (χ4v) is 0.937. The lowest BCUT2D eigenvalue weighted by Crippen LogP contribution is -2.47. The van der Waals surface area contributed by atoms with Gasteiger partial charge in [-0.25, -0.2) is 0 Å². The highest BCUT2D eigenvalue weighted by Gasteiger charge is 2.18. The topological polar surface area (TPSA) is 98.2 Å². The zero-order valence-electron chi connectivity index (χ0n) is 7.91. The van der Waals surface area contributed by atoms with Crippen molar-refractivity contribution in [3.05, 3.63) is 0 Å². The first kappa shape index (κ1) is 12.0. The van der Waals surface area contributed by atoms with E-state index < -0.39 is 17.8 Å². The van der Waals surface area contributed by atoms with Gasteiger partial charge < -0.3 is 16.7 Å². The van der Waals surface area contributed by atoms with Crippen molar-refractivity contribution in [1.29, 1.82) is 0 Å². The van der Waals surface area contributed by atoms with Crippen molar-refractivity contribution in [1.82, 2.24) is 5.32 Å².